The molecule has 5 heterocycles. The molecule has 3 aromatic heterocycles. The maximum Gasteiger partial charge on any atom is 0.522 e. The lowest BCUT2D eigenvalue weighted by molar-refractivity contribution is -0.0515. The first-order chi connectivity index (χ1) is 18.0. The molecule has 0 spiro atoms. The van der Waals surface area contributed by atoms with Crippen molar-refractivity contribution in [2.24, 2.45) is 0 Å². The maximum atomic E-state index is 13.6. The fraction of sp³-hybridized carbons (Fsp3) is 0.208. The Morgan fingerprint density at radius 3 is 2.68 bits per heavy atom. The summed E-state index contributed by atoms with van der Waals surface area (Å²) in [5.74, 6) is 0.732. The van der Waals surface area contributed by atoms with E-state index in [1.165, 1.54) is 4.40 Å². The van der Waals surface area contributed by atoms with Gasteiger partial charge in [-0.05, 0) is 29.8 Å². The van der Waals surface area contributed by atoms with Crippen LogP contribution in [0.3, 0.4) is 0 Å². The van der Waals surface area contributed by atoms with Crippen LogP contribution < -0.4 is 5.56 Å². The molecule has 2 aromatic carbocycles. The molecular weight excluding hydrogens is 537 g/mol. The molecule has 0 saturated carbocycles. The molecule has 186 valence electrons. The van der Waals surface area contributed by atoms with Gasteiger partial charge in [0, 0.05) is 16.8 Å². The number of aromatic nitrogens is 5. The summed E-state index contributed by atoms with van der Waals surface area (Å²) >= 11 is 11.3. The summed E-state index contributed by atoms with van der Waals surface area (Å²) in [6, 6.07) is 16.7. The van der Waals surface area contributed by atoms with E-state index in [9.17, 15) is 9.90 Å². The van der Waals surface area contributed by atoms with Crippen LogP contribution in [-0.4, -0.2) is 53.9 Å². The van der Waals surface area contributed by atoms with Gasteiger partial charge in [0.25, 0.3) is 5.56 Å². The number of nitrogens with zero attached hydrogens (tertiary/aromatic N) is 4. The number of aromatic amines is 1. The van der Waals surface area contributed by atoms with E-state index in [1.54, 1.807) is 35.0 Å². The van der Waals surface area contributed by atoms with Crippen LogP contribution in [0.1, 0.15) is 6.23 Å². The smallest absolute Gasteiger partial charge is 0.385 e. The van der Waals surface area contributed by atoms with Crippen molar-refractivity contribution in [3.05, 3.63) is 76.2 Å². The number of imidazole rings is 2. The molecule has 2 aliphatic rings. The van der Waals surface area contributed by atoms with E-state index in [0.29, 0.717) is 22.2 Å². The molecule has 0 bridgehead atoms. The van der Waals surface area contributed by atoms with Gasteiger partial charge in [-0.15, -0.1) is 9.05 Å². The number of aliphatic hydroxyl groups is 1. The number of hydrogen-bond acceptors (Lipinski definition) is 8. The van der Waals surface area contributed by atoms with Crippen LogP contribution >= 0.6 is 18.8 Å². The fourth-order valence-corrected chi connectivity index (χ4v) is 6.19. The quantitative estimate of drug-likeness (QED) is 0.324. The number of H-pyrrole nitrogens is 1. The van der Waals surface area contributed by atoms with Crippen LogP contribution in [0, 0.1) is 0 Å². The van der Waals surface area contributed by atoms with Crippen LogP contribution in [0.5, 0.6) is 0 Å². The lowest BCUT2D eigenvalue weighted by atomic mass is 10.1. The highest BCUT2D eigenvalue weighted by molar-refractivity contribution is 8.00. The van der Waals surface area contributed by atoms with Crippen molar-refractivity contribution in [3.63, 3.8) is 0 Å². The van der Waals surface area contributed by atoms with Gasteiger partial charge in [0.15, 0.2) is 23.5 Å². The second-order valence-electron chi connectivity index (χ2n) is 8.77. The predicted molar refractivity (Wildman–Crippen MR) is 140 cm³/mol. The number of halogens is 1. The average molecular weight is 555 g/mol. The number of aliphatic hydroxyl groups excluding tert-OH is 1. The zero-order valence-corrected chi connectivity index (χ0v) is 21.4. The first-order valence-corrected chi connectivity index (χ1v) is 14.0. The molecule has 7 rings (SSSR count). The standard InChI is InChI=1S/C24H17ClN5O5PS/c25-14-8-6-13(7-9-14)20-27-17-21(30(20)23-18(31)19-16(34-23)11-33-36(37)35-19)28-24-26-15(10-29(24)22(17)32)12-4-2-1-3-5-12/h1-10,16,18-19,23,31H,11H2/p+1/t16?,18?,19-,23-/m1/s1. The van der Waals surface area contributed by atoms with Crippen LogP contribution in [0.25, 0.3) is 39.6 Å². The molecule has 0 radical (unpaired) electrons. The molecule has 2 saturated heterocycles. The minimum absolute atomic E-state index is 0.134. The van der Waals surface area contributed by atoms with Gasteiger partial charge in [-0.25, -0.2) is 9.38 Å². The Morgan fingerprint density at radius 1 is 1.11 bits per heavy atom. The third kappa shape index (κ3) is 3.74. The highest BCUT2D eigenvalue weighted by Crippen LogP contribution is 2.44. The first-order valence-electron chi connectivity index (χ1n) is 11.4. The molecule has 3 unspecified atom stereocenters. The van der Waals surface area contributed by atoms with Gasteiger partial charge in [0.1, 0.15) is 24.6 Å². The Hall–Kier alpha value is -3.02. The number of hydrogen-bond donors (Lipinski definition) is 2. The summed E-state index contributed by atoms with van der Waals surface area (Å²) in [5, 5.41) is 11.8. The third-order valence-electron chi connectivity index (χ3n) is 6.56. The molecule has 13 heteroatoms. The normalized spacial score (nSPS) is 24.6. The summed E-state index contributed by atoms with van der Waals surface area (Å²) in [6.45, 7) is 0.202. The Kier molecular flexibility index (Phi) is 5.49. The third-order valence-corrected chi connectivity index (χ3v) is 8.16. The topological polar surface area (TPSA) is 116 Å². The van der Waals surface area contributed by atoms with E-state index in [4.69, 9.17) is 42.2 Å². The first kappa shape index (κ1) is 23.1. The summed E-state index contributed by atoms with van der Waals surface area (Å²) in [6.07, 6.45) is -1.53. The lowest BCUT2D eigenvalue weighted by Gasteiger charge is -2.19. The second kappa shape index (κ2) is 8.78. The van der Waals surface area contributed by atoms with Crippen molar-refractivity contribution in [1.29, 1.82) is 0 Å². The Labute approximate surface area is 220 Å². The Morgan fingerprint density at radius 2 is 1.89 bits per heavy atom. The molecular formula is C24H18ClN5O5PS+. The molecule has 37 heavy (non-hydrogen) atoms. The van der Waals surface area contributed by atoms with Crippen molar-refractivity contribution in [2.45, 2.75) is 24.5 Å². The highest BCUT2D eigenvalue weighted by atomic mass is 35.5. The van der Waals surface area contributed by atoms with E-state index < -0.39 is 31.7 Å². The number of rotatable bonds is 3. The van der Waals surface area contributed by atoms with Crippen molar-refractivity contribution in [1.82, 2.24) is 23.9 Å². The van der Waals surface area contributed by atoms with E-state index in [2.05, 4.69) is 9.97 Å². The van der Waals surface area contributed by atoms with Crippen LogP contribution in [-0.2, 0) is 25.6 Å². The van der Waals surface area contributed by atoms with Gasteiger partial charge in [0.2, 0.25) is 17.6 Å². The molecule has 2 fully saturated rings. The van der Waals surface area contributed by atoms with Crippen LogP contribution in [0.2, 0.25) is 5.02 Å². The van der Waals surface area contributed by atoms with Gasteiger partial charge >= 0.3 is 7.15 Å². The average Bonchev–Trinajstić information content (AvgIpc) is 3.59. The van der Waals surface area contributed by atoms with Gasteiger partial charge in [0.05, 0.1) is 5.69 Å². The van der Waals surface area contributed by atoms with Crippen molar-refractivity contribution in [2.75, 3.05) is 6.61 Å². The van der Waals surface area contributed by atoms with Crippen LogP contribution in [0.15, 0.2) is 65.6 Å². The Balaban J connectivity index is 1.45. The van der Waals surface area contributed by atoms with Gasteiger partial charge in [-0.1, -0.05) is 41.9 Å². The van der Waals surface area contributed by atoms with Gasteiger partial charge in [-0.2, -0.15) is 4.98 Å². The van der Waals surface area contributed by atoms with Crippen LogP contribution in [0.4, 0.5) is 0 Å². The second-order valence-corrected chi connectivity index (χ2v) is 11.0. The van der Waals surface area contributed by atoms with Crippen molar-refractivity contribution < 1.29 is 18.9 Å². The molecule has 5 aromatic rings. The van der Waals surface area contributed by atoms with Crippen molar-refractivity contribution in [3.8, 4) is 22.6 Å². The Bertz CT molecular complexity index is 1740. The number of fused-ring (bicyclic) bond motifs is 3. The molecule has 5 atom stereocenters. The molecule has 2 aliphatic heterocycles. The van der Waals surface area contributed by atoms with E-state index in [1.807, 2.05) is 30.3 Å². The molecule has 2 N–H and O–H groups in total. The summed E-state index contributed by atoms with van der Waals surface area (Å²) in [4.78, 5) is 26.3. The SMILES string of the molecule is O=c1c2nc(-c3ccc(Cl)cc3)n([C@@H]3OC4CO[P+](=S)O[C@H]4C3O)c2nc2[nH]c(-c3ccccc3)cn12. The zero-order chi connectivity index (χ0) is 25.3. The van der Waals surface area contributed by atoms with E-state index >= 15 is 0 Å². The minimum Gasteiger partial charge on any atom is -0.385 e. The minimum atomic E-state index is -1.53. The summed E-state index contributed by atoms with van der Waals surface area (Å²) in [5.41, 5.74) is 2.36. The molecule has 10 nitrogen and oxygen atoms in total. The monoisotopic (exact) mass is 554 g/mol. The fourth-order valence-electron chi connectivity index (χ4n) is 4.80. The van der Waals surface area contributed by atoms with Gasteiger partial charge < -0.3 is 14.8 Å². The van der Waals surface area contributed by atoms with Crippen molar-refractivity contribution >= 4 is 47.5 Å². The largest absolute Gasteiger partial charge is 0.522 e. The highest BCUT2D eigenvalue weighted by Gasteiger charge is 2.54. The molecule has 0 amide bonds. The number of benzene rings is 2. The van der Waals surface area contributed by atoms with E-state index in [0.717, 1.165) is 11.3 Å². The maximum absolute atomic E-state index is 13.6. The number of ether oxygens (including phenoxy) is 1. The number of nitrogens with one attached hydrogen (secondary N) is 1. The van der Waals surface area contributed by atoms with E-state index in [-0.39, 0.29) is 23.3 Å². The van der Waals surface area contributed by atoms with Gasteiger partial charge in [-0.3, -0.25) is 9.36 Å². The lowest BCUT2D eigenvalue weighted by Crippen LogP contribution is -2.37. The predicted octanol–water partition coefficient (Wildman–Crippen LogP) is 3.81. The summed E-state index contributed by atoms with van der Waals surface area (Å²) in [7, 11) is -1.53. The zero-order valence-electron chi connectivity index (χ0n) is 18.9. The summed E-state index contributed by atoms with van der Waals surface area (Å²) < 4.78 is 20.4. The molecule has 0 aliphatic carbocycles.